The number of hydrogen-bond acceptors (Lipinski definition) is 2. The molecule has 1 heterocycles. The fourth-order valence-electron chi connectivity index (χ4n) is 16.0. The topological polar surface area (TPSA) is 3.24 Å². The average Bonchev–Trinajstić information content (AvgIpc) is 3.95. The number of benzene rings is 7. The first kappa shape index (κ1) is 37.1. The summed E-state index contributed by atoms with van der Waals surface area (Å²) in [5.74, 6) is 3.37. The Balaban J connectivity index is 1.04. The molecule has 7 aromatic rings. The molecule has 7 aromatic carbocycles. The predicted octanol–water partition coefficient (Wildman–Crippen LogP) is 15.7. The van der Waals surface area contributed by atoms with E-state index in [1.165, 1.54) is 110 Å². The van der Waals surface area contributed by atoms with E-state index in [0.717, 1.165) is 23.7 Å². The zero-order valence-electron chi connectivity index (χ0n) is 37.0. The van der Waals surface area contributed by atoms with Crippen LogP contribution >= 0.6 is 11.8 Å². The molecule has 1 aliphatic heterocycles. The number of nitrogens with zero attached hydrogens (tertiary/aromatic N) is 1. The fourth-order valence-corrected chi connectivity index (χ4v) is 17.3. The Bertz CT molecular complexity index is 3010. The highest BCUT2D eigenvalue weighted by Crippen LogP contribution is 2.89. The van der Waals surface area contributed by atoms with Crippen molar-refractivity contribution in [2.75, 3.05) is 4.90 Å². The number of hydrogen-bond donors (Lipinski definition) is 0. The van der Waals surface area contributed by atoms with Crippen molar-refractivity contribution in [3.63, 3.8) is 0 Å². The lowest BCUT2D eigenvalue weighted by molar-refractivity contribution is -0.235. The van der Waals surface area contributed by atoms with Gasteiger partial charge in [-0.2, -0.15) is 0 Å². The molecule has 310 valence electrons. The van der Waals surface area contributed by atoms with E-state index in [4.69, 9.17) is 0 Å². The van der Waals surface area contributed by atoms with Gasteiger partial charge in [0.25, 0.3) is 0 Å². The average molecular weight is 834 g/mol. The minimum atomic E-state index is -0.478. The van der Waals surface area contributed by atoms with Gasteiger partial charge in [0.2, 0.25) is 0 Å². The Hall–Kier alpha value is -5.31. The molecule has 0 saturated heterocycles. The van der Waals surface area contributed by atoms with Crippen LogP contribution in [0.4, 0.5) is 17.1 Å². The highest BCUT2D eigenvalue weighted by Gasteiger charge is 2.84. The van der Waals surface area contributed by atoms with E-state index in [0.29, 0.717) is 5.41 Å². The van der Waals surface area contributed by atoms with Gasteiger partial charge in [0.15, 0.2) is 0 Å². The molecule has 7 aliphatic rings. The van der Waals surface area contributed by atoms with Crippen LogP contribution in [0.15, 0.2) is 174 Å². The van der Waals surface area contributed by atoms with Gasteiger partial charge in [-0.25, -0.2) is 0 Å². The number of rotatable bonds is 5. The first-order valence-corrected chi connectivity index (χ1v) is 24.7. The van der Waals surface area contributed by atoms with Gasteiger partial charge in [-0.1, -0.05) is 167 Å². The van der Waals surface area contributed by atoms with Crippen LogP contribution < -0.4 is 4.90 Å². The maximum atomic E-state index is 2.69. The van der Waals surface area contributed by atoms with E-state index in [-0.39, 0.29) is 16.2 Å². The van der Waals surface area contributed by atoms with E-state index in [9.17, 15) is 0 Å². The molecule has 0 amide bonds. The van der Waals surface area contributed by atoms with Crippen LogP contribution in [-0.2, 0) is 21.7 Å². The second kappa shape index (κ2) is 12.5. The van der Waals surface area contributed by atoms with E-state index < -0.39 is 5.41 Å². The first-order valence-electron chi connectivity index (χ1n) is 23.9. The van der Waals surface area contributed by atoms with Crippen LogP contribution in [0.2, 0.25) is 0 Å². The van der Waals surface area contributed by atoms with Crippen molar-refractivity contribution in [3.05, 3.63) is 208 Å². The molecular weight excluding hydrogens is 779 g/mol. The number of anilines is 3. The fraction of sp³-hybridized carbons (Fsp3) is 0.311. The zero-order chi connectivity index (χ0) is 42.1. The third-order valence-electron chi connectivity index (χ3n) is 18.5. The highest BCUT2D eigenvalue weighted by atomic mass is 32.2. The van der Waals surface area contributed by atoms with E-state index in [2.05, 4.69) is 196 Å². The standard InChI is InChI=1S/C61H55NS/c1-57(2)30-31-58(3,4)51-36-43(27-29-47(51)57)62(42-26-28-45-44-20-11-12-21-46(44)60(50(45)35-42,39-16-7-5-8-17-39)40-18-9-6-10-19-40)52-24-15-23-49-56(52)63-53-25-14-13-22-48(53)61(49)54-33-38-32-41-34-55(61)59(41,54)37-38/h5-29,35-36,38,41,54-55H,30-34,37H2,1-4H3. The van der Waals surface area contributed by atoms with Gasteiger partial charge in [-0.15, -0.1) is 0 Å². The lowest BCUT2D eigenvalue weighted by Crippen LogP contribution is -2.74. The molecule has 14 rings (SSSR count). The third-order valence-corrected chi connectivity index (χ3v) is 19.7. The van der Waals surface area contributed by atoms with Gasteiger partial charge in [-0.3, -0.25) is 0 Å². The van der Waals surface area contributed by atoms with E-state index >= 15 is 0 Å². The molecule has 0 aromatic heterocycles. The summed E-state index contributed by atoms with van der Waals surface area (Å²) in [7, 11) is 0. The summed E-state index contributed by atoms with van der Waals surface area (Å²) in [6, 6.07) is 63.9. The van der Waals surface area contributed by atoms with Crippen molar-refractivity contribution in [3.8, 4) is 11.1 Å². The van der Waals surface area contributed by atoms with Gasteiger partial charge < -0.3 is 4.90 Å². The summed E-state index contributed by atoms with van der Waals surface area (Å²) in [6.45, 7) is 9.86. The predicted molar refractivity (Wildman–Crippen MR) is 260 cm³/mol. The van der Waals surface area contributed by atoms with Crippen LogP contribution in [0.1, 0.15) is 111 Å². The highest BCUT2D eigenvalue weighted by molar-refractivity contribution is 7.99. The minimum Gasteiger partial charge on any atom is -0.309 e. The maximum absolute atomic E-state index is 2.69. The summed E-state index contributed by atoms with van der Waals surface area (Å²) in [4.78, 5) is 5.63. The summed E-state index contributed by atoms with van der Waals surface area (Å²) >= 11 is 2.04. The van der Waals surface area contributed by atoms with Gasteiger partial charge >= 0.3 is 0 Å². The van der Waals surface area contributed by atoms with Crippen molar-refractivity contribution in [2.24, 2.45) is 29.1 Å². The maximum Gasteiger partial charge on any atom is 0.0714 e. The second-order valence-electron chi connectivity index (χ2n) is 21.9. The summed E-state index contributed by atoms with van der Waals surface area (Å²) in [5, 5.41) is 0. The van der Waals surface area contributed by atoms with Gasteiger partial charge in [0.05, 0.1) is 11.1 Å². The Kier molecular flexibility index (Phi) is 7.35. The minimum absolute atomic E-state index is 0.0819. The van der Waals surface area contributed by atoms with Crippen LogP contribution in [0.3, 0.4) is 0 Å². The Morgan fingerprint density at radius 2 is 1.10 bits per heavy atom. The van der Waals surface area contributed by atoms with Crippen LogP contribution in [-0.4, -0.2) is 0 Å². The molecule has 2 bridgehead atoms. The van der Waals surface area contributed by atoms with Gasteiger partial charge in [-0.05, 0) is 170 Å². The quantitative estimate of drug-likeness (QED) is 0.170. The monoisotopic (exact) mass is 833 g/mol. The van der Waals surface area contributed by atoms with Crippen molar-refractivity contribution >= 4 is 28.8 Å². The van der Waals surface area contributed by atoms with Crippen LogP contribution in [0.25, 0.3) is 11.1 Å². The van der Waals surface area contributed by atoms with Crippen LogP contribution in [0.5, 0.6) is 0 Å². The number of fused-ring (bicyclic) bond motifs is 11. The molecule has 2 spiro atoms. The lowest BCUT2D eigenvalue weighted by Gasteiger charge is -2.78. The summed E-state index contributed by atoms with van der Waals surface area (Å²) in [6.07, 6.45) is 8.17. The molecule has 6 unspecified atom stereocenters. The second-order valence-corrected chi connectivity index (χ2v) is 23.0. The lowest BCUT2D eigenvalue weighted by atomic mass is 9.26. The normalized spacial score (nSPS) is 28.4. The van der Waals surface area contributed by atoms with Crippen LogP contribution in [0, 0.1) is 29.1 Å². The molecule has 6 atom stereocenters. The molecule has 0 radical (unpaired) electrons. The first-order chi connectivity index (χ1) is 30.7. The molecule has 2 heteroatoms. The van der Waals surface area contributed by atoms with Crippen molar-refractivity contribution < 1.29 is 0 Å². The zero-order valence-corrected chi connectivity index (χ0v) is 37.8. The van der Waals surface area contributed by atoms with Gasteiger partial charge in [0.1, 0.15) is 0 Å². The van der Waals surface area contributed by atoms with Crippen molar-refractivity contribution in [1.29, 1.82) is 0 Å². The molecule has 63 heavy (non-hydrogen) atoms. The molecular formula is C61H55NS. The molecule has 6 aliphatic carbocycles. The molecule has 1 nitrogen and oxygen atoms in total. The molecule has 4 saturated carbocycles. The van der Waals surface area contributed by atoms with E-state index in [1.807, 2.05) is 11.8 Å². The Morgan fingerprint density at radius 3 is 1.84 bits per heavy atom. The summed E-state index contributed by atoms with van der Waals surface area (Å²) < 4.78 is 0. The summed E-state index contributed by atoms with van der Waals surface area (Å²) in [5.41, 5.74) is 18.4. The van der Waals surface area contributed by atoms with Crippen molar-refractivity contribution in [2.45, 2.75) is 97.7 Å². The third kappa shape index (κ3) is 4.47. The van der Waals surface area contributed by atoms with Gasteiger partial charge in [0, 0.05) is 26.6 Å². The Labute approximate surface area is 378 Å². The van der Waals surface area contributed by atoms with Crippen molar-refractivity contribution in [1.82, 2.24) is 0 Å². The van der Waals surface area contributed by atoms with E-state index in [1.54, 1.807) is 11.1 Å². The Morgan fingerprint density at radius 1 is 0.492 bits per heavy atom. The SMILES string of the molecule is CC1(C)CCC(C)(C)c2cc(N(c3ccc4c(c3)C(c3ccccc3)(c3ccccc3)c3ccccc3-4)c3cccc4c3Sc3ccccc3C43C4CC5CC6CC3C64C5)ccc21. The smallest absolute Gasteiger partial charge is 0.0714 e. The molecule has 4 fully saturated rings. The largest absolute Gasteiger partial charge is 0.309 e. The molecule has 0 N–H and O–H groups in total.